The van der Waals surface area contributed by atoms with E-state index < -0.39 is 47.2 Å². The predicted molar refractivity (Wildman–Crippen MR) is 134 cm³/mol. The van der Waals surface area contributed by atoms with Gasteiger partial charge in [-0.15, -0.1) is 39.8 Å². The van der Waals surface area contributed by atoms with E-state index in [-0.39, 0.29) is 63.5 Å². The summed E-state index contributed by atoms with van der Waals surface area (Å²) in [6.45, 7) is 0. The van der Waals surface area contributed by atoms with E-state index in [1.54, 1.807) is 7.05 Å². The Hall–Kier alpha value is -2.42. The van der Waals surface area contributed by atoms with Crippen LogP contribution in [0.15, 0.2) is 21.8 Å². The van der Waals surface area contributed by atoms with Gasteiger partial charge in [0.05, 0.1) is 17.4 Å². The summed E-state index contributed by atoms with van der Waals surface area (Å²) in [7, 11) is 1.64. The van der Waals surface area contributed by atoms with Gasteiger partial charge < -0.3 is 31.6 Å². The second-order valence-corrected chi connectivity index (χ2v) is 10.9. The summed E-state index contributed by atoms with van der Waals surface area (Å²) in [5.74, 6) is -3.37. The van der Waals surface area contributed by atoms with Crippen LogP contribution < -0.4 is 56.3 Å². The molecule has 0 spiro atoms. The molecule has 5 N–H and O–H groups in total. The van der Waals surface area contributed by atoms with Crippen LogP contribution in [0.1, 0.15) is 11.7 Å². The van der Waals surface area contributed by atoms with Gasteiger partial charge in [-0.1, -0.05) is 11.8 Å². The minimum absolute atomic E-state index is 0. The Morgan fingerprint density at radius 3 is 2.72 bits per heavy atom. The molecule has 1 saturated heterocycles. The Morgan fingerprint density at radius 2 is 2.10 bits per heavy atom. The molecule has 3 atom stereocenters. The third kappa shape index (κ3) is 6.84. The summed E-state index contributed by atoms with van der Waals surface area (Å²) in [6, 6.07) is -3.49. The van der Waals surface area contributed by atoms with Gasteiger partial charge in [0.1, 0.15) is 17.3 Å². The smallest absolute Gasteiger partial charge is 0.543 e. The van der Waals surface area contributed by atoms with E-state index in [1.165, 1.54) is 33.6 Å². The zero-order valence-electron chi connectivity index (χ0n) is 20.2. The van der Waals surface area contributed by atoms with Gasteiger partial charge in [0.25, 0.3) is 5.91 Å². The molecule has 4 heterocycles. The number of hydrogen-bond acceptors (Lipinski definition) is 13. The van der Waals surface area contributed by atoms with Gasteiger partial charge >= 0.3 is 35.6 Å². The fraction of sp³-hybridized carbons (Fsp3) is 0.389. The minimum Gasteiger partial charge on any atom is -0.543 e. The molecule has 0 aliphatic carbocycles. The number of amides is 5. The number of thiazole rings is 1. The second kappa shape index (κ2) is 13.3. The number of hydrogen-bond donors (Lipinski definition) is 4. The van der Waals surface area contributed by atoms with Crippen LogP contribution in [0.5, 0.6) is 0 Å². The standard InChI is InChI=1S/C18H19ClN10O6S3.Na/c1-28-18(25-26-27-28)38-4-6-3-36-14-10(13(32)29(14)11(6)15(33)34)23-12(31)9(24-16(20)35)7-5-37-17(21-7)22-8(30)2-19;/h5,9-10,14H,2-4H2,1H3,(H,23,31)(H,33,34)(H3,20,24,35)(H,21,22,30);/q;+1/p-1/t9?,10-,14?;/m1./s1. The molecule has 1 fully saturated rings. The summed E-state index contributed by atoms with van der Waals surface area (Å²) < 4.78 is 1.43. The van der Waals surface area contributed by atoms with Gasteiger partial charge in [-0.05, 0) is 16.0 Å². The molecule has 0 radical (unpaired) electrons. The third-order valence-corrected chi connectivity index (χ3v) is 8.68. The van der Waals surface area contributed by atoms with Crippen LogP contribution in [0.25, 0.3) is 0 Å². The number of primary amides is 1. The number of halogens is 1. The van der Waals surface area contributed by atoms with Gasteiger partial charge in [-0.3, -0.25) is 19.3 Å². The average Bonchev–Trinajstić information content (AvgIpc) is 3.51. The summed E-state index contributed by atoms with van der Waals surface area (Å²) in [6.07, 6.45) is 0. The van der Waals surface area contributed by atoms with E-state index in [4.69, 9.17) is 17.3 Å². The van der Waals surface area contributed by atoms with Crippen LogP contribution in [-0.2, 0) is 26.2 Å². The van der Waals surface area contributed by atoms with E-state index >= 15 is 0 Å². The number of nitrogens with zero attached hydrogens (tertiary/aromatic N) is 6. The molecule has 5 amide bonds. The normalized spacial score (nSPS) is 18.8. The van der Waals surface area contributed by atoms with E-state index in [0.717, 1.165) is 16.2 Å². The number of nitrogens with one attached hydrogen (secondary N) is 3. The van der Waals surface area contributed by atoms with Crippen molar-refractivity contribution in [2.24, 2.45) is 12.8 Å². The van der Waals surface area contributed by atoms with Gasteiger partial charge in [0.15, 0.2) is 11.2 Å². The third-order valence-electron chi connectivity index (χ3n) is 5.23. The van der Waals surface area contributed by atoms with Gasteiger partial charge in [-0.2, -0.15) is 0 Å². The molecule has 0 saturated carbocycles. The molecular weight excluding hydrogens is 607 g/mol. The molecule has 2 aromatic rings. The van der Waals surface area contributed by atoms with Crippen molar-refractivity contribution in [3.05, 3.63) is 22.3 Å². The molecule has 2 aliphatic heterocycles. The number of thioether (sulfide) groups is 2. The Kier molecular flexibility index (Phi) is 10.6. The van der Waals surface area contributed by atoms with Gasteiger partial charge in [0, 0.05) is 23.9 Å². The van der Waals surface area contributed by atoms with E-state index in [2.05, 4.69) is 36.5 Å². The fourth-order valence-corrected chi connectivity index (χ4v) is 6.71. The second-order valence-electron chi connectivity index (χ2n) is 7.71. The van der Waals surface area contributed by atoms with Crippen LogP contribution in [0, 0.1) is 0 Å². The molecule has 2 aliphatic rings. The molecule has 39 heavy (non-hydrogen) atoms. The number of alkyl halides is 1. The van der Waals surface area contributed by atoms with Crippen LogP contribution in [0.4, 0.5) is 9.93 Å². The number of carboxylic acid groups (broad SMARTS) is 1. The number of tetrazole rings is 1. The summed E-state index contributed by atoms with van der Waals surface area (Å²) in [5, 5.41) is 31.5. The Balaban J connectivity index is 0.00000420. The summed E-state index contributed by atoms with van der Waals surface area (Å²) >= 11 is 8.90. The number of carboxylic acids is 1. The number of rotatable bonds is 10. The van der Waals surface area contributed by atoms with Crippen LogP contribution in [0.2, 0.25) is 0 Å². The molecule has 202 valence electrons. The summed E-state index contributed by atoms with van der Waals surface area (Å²) in [4.78, 5) is 66.2. The first-order valence-electron chi connectivity index (χ1n) is 10.5. The predicted octanol–water partition coefficient (Wildman–Crippen LogP) is -5.25. The quantitative estimate of drug-likeness (QED) is 0.0841. The average molecular weight is 625 g/mol. The first-order chi connectivity index (χ1) is 18.1. The number of nitrogens with two attached hydrogens (primary N) is 1. The monoisotopic (exact) mass is 624 g/mol. The van der Waals surface area contributed by atoms with Crippen molar-refractivity contribution in [1.29, 1.82) is 0 Å². The van der Waals surface area contributed by atoms with Crippen molar-refractivity contribution >= 4 is 81.3 Å². The molecule has 4 rings (SSSR count). The molecule has 21 heteroatoms. The molecule has 2 aromatic heterocycles. The first kappa shape index (κ1) is 31.1. The number of aliphatic carboxylic acids is 1. The molecule has 0 aromatic carbocycles. The van der Waals surface area contributed by atoms with Crippen molar-refractivity contribution in [3.63, 3.8) is 0 Å². The molecule has 16 nitrogen and oxygen atoms in total. The SMILES string of the molecule is Cn1nnnc1SCC1=C(C(=O)[O-])N2C(=O)[C@@H](NC(=O)C(NC(N)=O)c3csc(NC(=O)CCl)n3)C2SC1.[Na+]. The van der Waals surface area contributed by atoms with Crippen molar-refractivity contribution in [3.8, 4) is 0 Å². The van der Waals surface area contributed by atoms with E-state index in [0.29, 0.717) is 10.7 Å². The topological polar surface area (TPSA) is 230 Å². The fourth-order valence-electron chi connectivity index (χ4n) is 3.56. The maximum Gasteiger partial charge on any atom is 1.00 e. The van der Waals surface area contributed by atoms with Crippen LogP contribution >= 0.6 is 46.5 Å². The number of aryl methyl sites for hydroxylation is 1. The number of aromatic nitrogens is 5. The zero-order chi connectivity index (χ0) is 27.6. The molecular formula is C18H18ClN10NaO6S3. The number of β-lactam (4-membered cyclic amide) rings is 1. The van der Waals surface area contributed by atoms with Crippen LogP contribution in [0.3, 0.4) is 0 Å². The van der Waals surface area contributed by atoms with Crippen molar-refractivity contribution in [2.45, 2.75) is 22.6 Å². The van der Waals surface area contributed by atoms with Crippen molar-refractivity contribution in [1.82, 2.24) is 40.7 Å². The maximum absolute atomic E-state index is 13.1. The zero-order valence-corrected chi connectivity index (χ0v) is 25.4. The first-order valence-corrected chi connectivity index (χ1v) is 14.0. The van der Waals surface area contributed by atoms with Gasteiger partial charge in [0.2, 0.25) is 17.0 Å². The number of carbonyl (C=O) groups is 5. The maximum atomic E-state index is 13.1. The number of anilines is 1. The van der Waals surface area contributed by atoms with Crippen molar-refractivity contribution < 1.29 is 58.6 Å². The van der Waals surface area contributed by atoms with Crippen molar-refractivity contribution in [2.75, 3.05) is 22.7 Å². The number of urea groups is 1. The van der Waals surface area contributed by atoms with E-state index in [1.807, 2.05) is 0 Å². The molecule has 0 bridgehead atoms. The van der Waals surface area contributed by atoms with Gasteiger partial charge in [-0.25, -0.2) is 14.5 Å². The Labute approximate surface area is 259 Å². The minimum atomic E-state index is -1.53. The number of carbonyl (C=O) groups excluding carboxylic acids is 5. The molecule has 2 unspecified atom stereocenters. The van der Waals surface area contributed by atoms with E-state index in [9.17, 15) is 29.1 Å². The largest absolute Gasteiger partial charge is 1.00 e. The van der Waals surface area contributed by atoms with Crippen LogP contribution in [-0.4, -0.2) is 88.6 Å². The number of fused-ring (bicyclic) bond motifs is 1. The Morgan fingerprint density at radius 1 is 1.36 bits per heavy atom. The summed E-state index contributed by atoms with van der Waals surface area (Å²) in [5.41, 5.74) is 5.45. The Bertz CT molecular complexity index is 1340.